The molecule has 1 aromatic heterocycles. The predicted octanol–water partition coefficient (Wildman–Crippen LogP) is 2.40. The van der Waals surface area contributed by atoms with Gasteiger partial charge in [0.2, 0.25) is 5.76 Å². The molecule has 0 saturated heterocycles. The smallest absolute Gasteiger partial charge is 0.208 e. The van der Waals surface area contributed by atoms with Crippen LogP contribution in [0.25, 0.3) is 10.9 Å². The lowest BCUT2D eigenvalue weighted by atomic mass is 10.2. The van der Waals surface area contributed by atoms with Crippen LogP contribution in [0.2, 0.25) is 0 Å². The number of rotatable bonds is 1. The van der Waals surface area contributed by atoms with Gasteiger partial charge >= 0.3 is 0 Å². The maximum absolute atomic E-state index is 10.5. The molecule has 0 saturated carbocycles. The van der Waals surface area contributed by atoms with Crippen molar-refractivity contribution in [2.75, 3.05) is 0 Å². The van der Waals surface area contributed by atoms with Gasteiger partial charge in [0.05, 0.1) is 5.39 Å². The first-order valence-corrected chi connectivity index (χ1v) is 4.11. The third-order valence-electron chi connectivity index (χ3n) is 1.59. The summed E-state index contributed by atoms with van der Waals surface area (Å²) in [5.41, 5.74) is 0.687. The number of benzene rings is 1. The topological polar surface area (TPSA) is 43.1 Å². The Labute approximate surface area is 76.5 Å². The van der Waals surface area contributed by atoms with Crippen molar-refractivity contribution in [2.45, 2.75) is 0 Å². The van der Waals surface area contributed by atoms with E-state index < -0.39 is 0 Å². The molecule has 2 rings (SSSR count). The maximum atomic E-state index is 10.5. The number of carbonyl (C=O) groups is 1. The Kier molecular flexibility index (Phi) is 1.69. The number of aromatic nitrogens is 1. The monoisotopic (exact) mass is 225 g/mol. The Morgan fingerprint density at radius 3 is 3.08 bits per heavy atom. The van der Waals surface area contributed by atoms with Gasteiger partial charge in [-0.3, -0.25) is 4.79 Å². The molecule has 0 fully saturated rings. The van der Waals surface area contributed by atoms with Crippen LogP contribution in [0.1, 0.15) is 10.6 Å². The van der Waals surface area contributed by atoms with E-state index in [-0.39, 0.29) is 5.76 Å². The van der Waals surface area contributed by atoms with Crippen LogP contribution in [-0.4, -0.2) is 11.4 Å². The van der Waals surface area contributed by atoms with Crippen LogP contribution in [0.4, 0.5) is 0 Å². The molecule has 3 nitrogen and oxygen atoms in total. The van der Waals surface area contributed by atoms with Gasteiger partial charge in [-0.05, 0) is 28.1 Å². The highest BCUT2D eigenvalue weighted by Crippen LogP contribution is 2.25. The number of halogens is 1. The van der Waals surface area contributed by atoms with Crippen molar-refractivity contribution in [1.82, 2.24) is 5.16 Å². The highest BCUT2D eigenvalue weighted by molar-refractivity contribution is 9.10. The molecule has 0 atom stereocenters. The van der Waals surface area contributed by atoms with E-state index in [0.29, 0.717) is 11.8 Å². The first kappa shape index (κ1) is 7.49. The van der Waals surface area contributed by atoms with Crippen LogP contribution in [0.5, 0.6) is 0 Å². The van der Waals surface area contributed by atoms with Gasteiger partial charge in [-0.1, -0.05) is 11.2 Å². The Bertz CT molecular complexity index is 436. The van der Waals surface area contributed by atoms with E-state index in [1.807, 2.05) is 12.1 Å². The van der Waals surface area contributed by atoms with Crippen LogP contribution >= 0.6 is 15.9 Å². The third-order valence-corrected chi connectivity index (χ3v) is 2.25. The summed E-state index contributed by atoms with van der Waals surface area (Å²) in [4.78, 5) is 10.5. The molecule has 0 N–H and O–H groups in total. The minimum absolute atomic E-state index is 0.262. The highest BCUT2D eigenvalue weighted by Gasteiger charge is 2.09. The summed E-state index contributed by atoms with van der Waals surface area (Å²) in [7, 11) is 0. The molecule has 1 heterocycles. The maximum Gasteiger partial charge on any atom is 0.208 e. The Morgan fingerprint density at radius 2 is 2.33 bits per heavy atom. The van der Waals surface area contributed by atoms with Gasteiger partial charge in [0.1, 0.15) is 5.52 Å². The minimum atomic E-state index is 0.262. The van der Waals surface area contributed by atoms with Crippen molar-refractivity contribution in [1.29, 1.82) is 0 Å². The fraction of sp³-hybridized carbons (Fsp3) is 0. The first-order chi connectivity index (χ1) is 5.83. The number of aldehydes is 1. The molecule has 60 valence electrons. The van der Waals surface area contributed by atoms with Gasteiger partial charge in [0, 0.05) is 4.47 Å². The van der Waals surface area contributed by atoms with E-state index >= 15 is 0 Å². The third kappa shape index (κ3) is 0.956. The van der Waals surface area contributed by atoms with Crippen LogP contribution in [0.3, 0.4) is 0 Å². The summed E-state index contributed by atoms with van der Waals surface area (Å²) in [6.07, 6.45) is 0.653. The average molecular weight is 226 g/mol. The molecular weight excluding hydrogens is 222 g/mol. The predicted molar refractivity (Wildman–Crippen MR) is 47.1 cm³/mol. The molecule has 0 aliphatic carbocycles. The molecule has 0 amide bonds. The van der Waals surface area contributed by atoms with Gasteiger partial charge in [-0.2, -0.15) is 0 Å². The molecule has 0 unspecified atom stereocenters. The summed E-state index contributed by atoms with van der Waals surface area (Å²) in [6, 6.07) is 5.46. The van der Waals surface area contributed by atoms with E-state index in [1.165, 1.54) is 0 Å². The lowest BCUT2D eigenvalue weighted by molar-refractivity contribution is 0.109. The molecule has 1 aromatic carbocycles. The standard InChI is InChI=1S/C8H4BrNO2/c9-5-2-1-3-6-8(5)7(4-11)12-10-6/h1-4H. The molecule has 4 heteroatoms. The van der Waals surface area contributed by atoms with Crippen molar-refractivity contribution in [3.8, 4) is 0 Å². The summed E-state index contributed by atoms with van der Waals surface area (Å²) < 4.78 is 5.62. The first-order valence-electron chi connectivity index (χ1n) is 3.32. The van der Waals surface area contributed by atoms with Crippen molar-refractivity contribution in [3.05, 3.63) is 28.4 Å². The zero-order valence-electron chi connectivity index (χ0n) is 5.95. The molecule has 0 radical (unpaired) electrons. The number of nitrogens with zero attached hydrogens (tertiary/aromatic N) is 1. The molecule has 12 heavy (non-hydrogen) atoms. The Balaban J connectivity index is 2.91. The average Bonchev–Trinajstić information content (AvgIpc) is 2.49. The summed E-state index contributed by atoms with van der Waals surface area (Å²) >= 11 is 3.31. The number of hydrogen-bond donors (Lipinski definition) is 0. The van der Waals surface area contributed by atoms with E-state index in [4.69, 9.17) is 4.52 Å². The van der Waals surface area contributed by atoms with Crippen LogP contribution in [0.15, 0.2) is 27.2 Å². The summed E-state index contributed by atoms with van der Waals surface area (Å²) in [5.74, 6) is 0.262. The van der Waals surface area contributed by atoms with Crippen molar-refractivity contribution in [2.24, 2.45) is 0 Å². The fourth-order valence-electron chi connectivity index (χ4n) is 1.06. The normalized spacial score (nSPS) is 10.4. The number of fused-ring (bicyclic) bond motifs is 1. The summed E-state index contributed by atoms with van der Waals surface area (Å²) in [5, 5.41) is 4.44. The largest absolute Gasteiger partial charge is 0.352 e. The van der Waals surface area contributed by atoms with Crippen molar-refractivity contribution in [3.63, 3.8) is 0 Å². The Morgan fingerprint density at radius 1 is 1.50 bits per heavy atom. The van der Waals surface area contributed by atoms with Crippen LogP contribution in [0, 0.1) is 0 Å². The lowest BCUT2D eigenvalue weighted by Crippen LogP contribution is -1.75. The second-order valence-corrected chi connectivity index (χ2v) is 3.15. The lowest BCUT2D eigenvalue weighted by Gasteiger charge is -1.89. The second-order valence-electron chi connectivity index (χ2n) is 2.30. The molecular formula is C8H4BrNO2. The van der Waals surface area contributed by atoms with Gasteiger partial charge in [0.25, 0.3) is 0 Å². The highest BCUT2D eigenvalue weighted by atomic mass is 79.9. The Hall–Kier alpha value is -1.16. The molecule has 0 bridgehead atoms. The SMILES string of the molecule is O=Cc1onc2cccc(Br)c12. The molecule has 2 aromatic rings. The van der Waals surface area contributed by atoms with E-state index in [1.54, 1.807) is 6.07 Å². The minimum Gasteiger partial charge on any atom is -0.352 e. The van der Waals surface area contributed by atoms with Gasteiger partial charge < -0.3 is 4.52 Å². The number of carbonyl (C=O) groups excluding carboxylic acids is 1. The van der Waals surface area contributed by atoms with E-state index in [9.17, 15) is 4.79 Å². The van der Waals surface area contributed by atoms with Gasteiger partial charge in [0.15, 0.2) is 6.29 Å². The van der Waals surface area contributed by atoms with Gasteiger partial charge in [-0.15, -0.1) is 0 Å². The van der Waals surface area contributed by atoms with Crippen LogP contribution in [-0.2, 0) is 0 Å². The molecule has 0 spiro atoms. The van der Waals surface area contributed by atoms with Crippen LogP contribution < -0.4 is 0 Å². The molecule has 0 aliphatic heterocycles. The van der Waals surface area contributed by atoms with Crippen molar-refractivity contribution >= 4 is 33.1 Å². The van der Waals surface area contributed by atoms with Crippen molar-refractivity contribution < 1.29 is 9.32 Å². The second kappa shape index (κ2) is 2.71. The quantitative estimate of drug-likeness (QED) is 0.701. The molecule has 0 aliphatic rings. The van der Waals surface area contributed by atoms with E-state index in [2.05, 4.69) is 21.1 Å². The zero-order valence-corrected chi connectivity index (χ0v) is 7.54. The van der Waals surface area contributed by atoms with E-state index in [0.717, 1.165) is 9.86 Å². The zero-order chi connectivity index (χ0) is 8.55. The number of hydrogen-bond acceptors (Lipinski definition) is 3. The fourth-order valence-corrected chi connectivity index (χ4v) is 1.61. The van der Waals surface area contributed by atoms with Gasteiger partial charge in [-0.25, -0.2) is 0 Å². The summed E-state index contributed by atoms with van der Waals surface area (Å²) in [6.45, 7) is 0.